The van der Waals surface area contributed by atoms with Crippen LogP contribution in [0.4, 0.5) is 0 Å². The average molecular weight is 342 g/mol. The zero-order valence-corrected chi connectivity index (χ0v) is 13.4. The Labute approximate surface area is 139 Å². The van der Waals surface area contributed by atoms with Gasteiger partial charge in [-0.25, -0.2) is 0 Å². The molecule has 1 aliphatic rings. The number of benzene rings is 1. The molecule has 0 bridgehead atoms. The van der Waals surface area contributed by atoms with Crippen LogP contribution in [-0.4, -0.2) is 35.1 Å². The highest BCUT2D eigenvalue weighted by atomic mass is 35.5. The molecule has 2 aromatic rings. The first-order valence-corrected chi connectivity index (χ1v) is 7.30. The maximum absolute atomic E-state index is 12.4. The van der Waals surface area contributed by atoms with Gasteiger partial charge in [-0.3, -0.25) is 4.79 Å². The van der Waals surface area contributed by atoms with E-state index in [-0.39, 0.29) is 24.4 Å². The highest BCUT2D eigenvalue weighted by Gasteiger charge is 2.30. The molecule has 7 heteroatoms. The van der Waals surface area contributed by atoms with Crippen LogP contribution >= 0.6 is 24.0 Å². The predicted octanol–water partition coefficient (Wildman–Crippen LogP) is 2.98. The van der Waals surface area contributed by atoms with Crippen molar-refractivity contribution >= 4 is 29.9 Å². The van der Waals surface area contributed by atoms with Crippen LogP contribution in [0.25, 0.3) is 11.3 Å². The summed E-state index contributed by atoms with van der Waals surface area (Å²) in [6.07, 6.45) is 1.92. The number of nitrogens with two attached hydrogens (primary N) is 1. The Morgan fingerprint density at radius 1 is 1.45 bits per heavy atom. The Hall–Kier alpha value is -1.56. The number of hydrogen-bond donors (Lipinski definition) is 1. The van der Waals surface area contributed by atoms with Crippen molar-refractivity contribution in [1.29, 1.82) is 0 Å². The van der Waals surface area contributed by atoms with E-state index in [1.165, 1.54) is 0 Å². The fourth-order valence-electron chi connectivity index (χ4n) is 2.65. The van der Waals surface area contributed by atoms with Crippen LogP contribution in [0, 0.1) is 0 Å². The molecule has 22 heavy (non-hydrogen) atoms. The lowest BCUT2D eigenvalue weighted by atomic mass is 10.1. The summed E-state index contributed by atoms with van der Waals surface area (Å²) in [5.41, 5.74) is 6.81. The number of halogens is 2. The largest absolute Gasteiger partial charge is 0.355 e. The number of carbonyl (C=O) groups is 1. The van der Waals surface area contributed by atoms with Crippen LogP contribution in [0.2, 0.25) is 5.02 Å². The van der Waals surface area contributed by atoms with Crippen molar-refractivity contribution in [2.45, 2.75) is 18.9 Å². The molecule has 3 rings (SSSR count). The molecule has 1 atom stereocenters. The fraction of sp³-hybridized carbons (Fsp3) is 0.333. The van der Waals surface area contributed by atoms with Gasteiger partial charge in [0.15, 0.2) is 11.5 Å². The van der Waals surface area contributed by atoms with Gasteiger partial charge in [-0.15, -0.1) is 12.4 Å². The molecule has 1 fully saturated rings. The molecule has 0 spiro atoms. The second-order valence-electron chi connectivity index (χ2n) is 5.12. The number of likely N-dealkylation sites (tertiary alicyclic amines) is 1. The summed E-state index contributed by atoms with van der Waals surface area (Å²) in [7, 11) is 0. The van der Waals surface area contributed by atoms with E-state index < -0.39 is 0 Å². The summed E-state index contributed by atoms with van der Waals surface area (Å²) in [6.45, 7) is 1.20. The molecule has 0 radical (unpaired) electrons. The lowest BCUT2D eigenvalue weighted by Crippen LogP contribution is -2.40. The maximum atomic E-state index is 12.4. The minimum absolute atomic E-state index is 0. The minimum atomic E-state index is -0.125. The summed E-state index contributed by atoms with van der Waals surface area (Å²) < 4.78 is 5.27. The quantitative estimate of drug-likeness (QED) is 0.931. The zero-order valence-electron chi connectivity index (χ0n) is 11.9. The van der Waals surface area contributed by atoms with E-state index in [1.807, 2.05) is 12.1 Å². The highest BCUT2D eigenvalue weighted by Crippen LogP contribution is 2.25. The Morgan fingerprint density at radius 2 is 2.27 bits per heavy atom. The zero-order chi connectivity index (χ0) is 14.8. The molecule has 1 aromatic carbocycles. The molecule has 2 heterocycles. The molecule has 0 aliphatic carbocycles. The van der Waals surface area contributed by atoms with Crippen molar-refractivity contribution < 1.29 is 9.32 Å². The molecule has 118 valence electrons. The van der Waals surface area contributed by atoms with E-state index in [2.05, 4.69) is 5.16 Å². The van der Waals surface area contributed by atoms with E-state index in [1.54, 1.807) is 23.1 Å². The smallest absolute Gasteiger partial charge is 0.276 e. The van der Waals surface area contributed by atoms with Gasteiger partial charge in [-0.05, 0) is 25.0 Å². The Kier molecular flexibility index (Phi) is 5.45. The van der Waals surface area contributed by atoms with Crippen molar-refractivity contribution in [2.24, 2.45) is 5.73 Å². The number of amides is 1. The summed E-state index contributed by atoms with van der Waals surface area (Å²) >= 11 is 5.95. The number of rotatable bonds is 3. The van der Waals surface area contributed by atoms with Crippen LogP contribution in [0.1, 0.15) is 23.3 Å². The van der Waals surface area contributed by atoms with Gasteiger partial charge in [0.1, 0.15) is 0 Å². The van der Waals surface area contributed by atoms with Crippen LogP contribution in [-0.2, 0) is 0 Å². The van der Waals surface area contributed by atoms with Gasteiger partial charge in [0.25, 0.3) is 5.91 Å². The second kappa shape index (κ2) is 7.13. The normalized spacial score (nSPS) is 17.4. The number of aromatic nitrogens is 1. The Morgan fingerprint density at radius 3 is 3.00 bits per heavy atom. The van der Waals surface area contributed by atoms with Gasteiger partial charge in [0.05, 0.1) is 0 Å². The Balaban J connectivity index is 0.00000176. The SMILES string of the molecule is Cl.NCC1CCCN1C(=O)c1cc(-c2cccc(Cl)c2)on1. The van der Waals surface area contributed by atoms with Gasteiger partial charge in [0.2, 0.25) is 0 Å². The summed E-state index contributed by atoms with van der Waals surface area (Å²) in [5.74, 6) is 0.407. The molecule has 1 aliphatic heterocycles. The number of hydrogen-bond acceptors (Lipinski definition) is 4. The molecule has 1 saturated heterocycles. The standard InChI is InChI=1S/C15H16ClN3O2.ClH/c16-11-4-1-3-10(7-11)14-8-13(18-21-14)15(20)19-6-2-5-12(19)9-17;/h1,3-4,7-8,12H,2,5-6,9,17H2;1H. The topological polar surface area (TPSA) is 72.4 Å². The van der Waals surface area contributed by atoms with E-state index in [0.717, 1.165) is 24.9 Å². The number of carbonyl (C=O) groups excluding carboxylic acids is 1. The van der Waals surface area contributed by atoms with E-state index in [9.17, 15) is 4.79 Å². The fourth-order valence-corrected chi connectivity index (χ4v) is 2.84. The lowest BCUT2D eigenvalue weighted by molar-refractivity contribution is 0.0731. The van der Waals surface area contributed by atoms with Gasteiger partial charge in [-0.1, -0.05) is 28.9 Å². The highest BCUT2D eigenvalue weighted by molar-refractivity contribution is 6.30. The first-order valence-electron chi connectivity index (χ1n) is 6.92. The third-order valence-corrected chi connectivity index (χ3v) is 3.98. The van der Waals surface area contributed by atoms with Crippen LogP contribution < -0.4 is 5.73 Å². The summed E-state index contributed by atoms with van der Waals surface area (Å²) in [5, 5.41) is 4.50. The molecular formula is C15H17Cl2N3O2. The van der Waals surface area contributed by atoms with Crippen molar-refractivity contribution in [1.82, 2.24) is 10.1 Å². The third kappa shape index (κ3) is 3.27. The first kappa shape index (κ1) is 16.8. The van der Waals surface area contributed by atoms with Crippen LogP contribution in [0.3, 0.4) is 0 Å². The van der Waals surface area contributed by atoms with Gasteiger partial charge >= 0.3 is 0 Å². The third-order valence-electron chi connectivity index (χ3n) is 3.75. The lowest BCUT2D eigenvalue weighted by Gasteiger charge is -2.21. The molecule has 2 N–H and O–H groups in total. The van der Waals surface area contributed by atoms with Crippen molar-refractivity contribution in [3.05, 3.63) is 41.0 Å². The molecule has 1 aromatic heterocycles. The second-order valence-corrected chi connectivity index (χ2v) is 5.55. The monoisotopic (exact) mass is 341 g/mol. The Bertz CT molecular complexity index is 660. The summed E-state index contributed by atoms with van der Waals surface area (Å²) in [6, 6.07) is 8.99. The van der Waals surface area contributed by atoms with Crippen LogP contribution in [0.5, 0.6) is 0 Å². The maximum Gasteiger partial charge on any atom is 0.276 e. The molecule has 1 amide bonds. The van der Waals surface area contributed by atoms with Gasteiger partial charge in [0, 0.05) is 35.8 Å². The predicted molar refractivity (Wildman–Crippen MR) is 87.3 cm³/mol. The van der Waals surface area contributed by atoms with Crippen molar-refractivity contribution in [2.75, 3.05) is 13.1 Å². The minimum Gasteiger partial charge on any atom is -0.355 e. The van der Waals surface area contributed by atoms with Gasteiger partial charge < -0.3 is 15.2 Å². The van der Waals surface area contributed by atoms with Gasteiger partial charge in [-0.2, -0.15) is 0 Å². The van der Waals surface area contributed by atoms with Crippen molar-refractivity contribution in [3.63, 3.8) is 0 Å². The van der Waals surface area contributed by atoms with E-state index in [4.69, 9.17) is 21.9 Å². The molecule has 0 saturated carbocycles. The van der Waals surface area contributed by atoms with E-state index in [0.29, 0.717) is 23.0 Å². The van der Waals surface area contributed by atoms with Crippen LogP contribution in [0.15, 0.2) is 34.9 Å². The molecule has 1 unspecified atom stereocenters. The number of nitrogens with zero attached hydrogens (tertiary/aromatic N) is 2. The molecular weight excluding hydrogens is 325 g/mol. The average Bonchev–Trinajstić information content (AvgIpc) is 3.15. The van der Waals surface area contributed by atoms with Crippen molar-refractivity contribution in [3.8, 4) is 11.3 Å². The van der Waals surface area contributed by atoms with E-state index >= 15 is 0 Å². The first-order chi connectivity index (χ1) is 10.2. The summed E-state index contributed by atoms with van der Waals surface area (Å²) in [4.78, 5) is 14.2. The molecule has 5 nitrogen and oxygen atoms in total.